The maximum absolute atomic E-state index is 14.6. The Balaban J connectivity index is 1.44. The van der Waals surface area contributed by atoms with Gasteiger partial charge in [0.1, 0.15) is 6.61 Å². The molecule has 2 nitrogen and oxygen atoms in total. The van der Waals surface area contributed by atoms with Crippen molar-refractivity contribution >= 4 is 0 Å². The van der Waals surface area contributed by atoms with Crippen molar-refractivity contribution in [3.63, 3.8) is 0 Å². The molecule has 0 N–H and O–H groups in total. The van der Waals surface area contributed by atoms with Crippen molar-refractivity contribution in [2.45, 2.75) is 45.3 Å². The molecule has 1 saturated heterocycles. The van der Waals surface area contributed by atoms with Crippen molar-refractivity contribution in [1.82, 2.24) is 0 Å². The molecule has 0 aliphatic carbocycles. The van der Waals surface area contributed by atoms with Crippen LogP contribution in [-0.2, 0) is 11.3 Å². The Labute approximate surface area is 195 Å². The Morgan fingerprint density at radius 2 is 1.47 bits per heavy atom. The number of hydrogen-bond donors (Lipinski definition) is 0. The minimum atomic E-state index is -1.62. The third-order valence-corrected chi connectivity index (χ3v) is 6.11. The Hall–Kier alpha value is -2.93. The van der Waals surface area contributed by atoms with E-state index in [-0.39, 0.29) is 11.7 Å². The molecule has 0 radical (unpaired) electrons. The Morgan fingerprint density at radius 3 is 2.03 bits per heavy atom. The Kier molecular flexibility index (Phi) is 7.51. The highest BCUT2D eigenvalue weighted by atomic mass is 19.2. The summed E-state index contributed by atoms with van der Waals surface area (Å²) in [6.07, 6.45) is 4.40. The smallest absolute Gasteiger partial charge is 0.194 e. The lowest BCUT2D eigenvalue weighted by Gasteiger charge is -2.29. The molecule has 0 bridgehead atoms. The highest BCUT2D eigenvalue weighted by Crippen LogP contribution is 2.34. The molecular weight excluding hydrogens is 451 g/mol. The molecule has 1 heterocycles. The van der Waals surface area contributed by atoms with E-state index in [0.717, 1.165) is 43.6 Å². The van der Waals surface area contributed by atoms with Gasteiger partial charge in [-0.2, -0.15) is 0 Å². The molecule has 3 aromatic rings. The zero-order valence-electron chi connectivity index (χ0n) is 18.7. The molecule has 7 heteroatoms. The molecular formula is C27H25F5O2. The first-order chi connectivity index (χ1) is 16.4. The topological polar surface area (TPSA) is 18.5 Å². The lowest BCUT2D eigenvalue weighted by molar-refractivity contribution is -0.0194. The molecule has 2 atom stereocenters. The maximum Gasteiger partial charge on any atom is 0.194 e. The minimum Gasteiger partial charge on any atom is -0.483 e. The van der Waals surface area contributed by atoms with Gasteiger partial charge in [0.05, 0.1) is 12.7 Å². The first kappa shape index (κ1) is 24.2. The summed E-state index contributed by atoms with van der Waals surface area (Å²) in [5.74, 6) is -6.42. The molecule has 3 aromatic carbocycles. The molecule has 1 fully saturated rings. The van der Waals surface area contributed by atoms with Crippen LogP contribution in [-0.4, -0.2) is 6.61 Å². The molecule has 0 aromatic heterocycles. The van der Waals surface area contributed by atoms with Gasteiger partial charge < -0.3 is 9.47 Å². The number of halogens is 5. The lowest BCUT2D eigenvalue weighted by Crippen LogP contribution is -2.20. The number of rotatable bonds is 7. The van der Waals surface area contributed by atoms with E-state index < -0.39 is 41.4 Å². The Bertz CT molecular complexity index is 1090. The van der Waals surface area contributed by atoms with Crippen molar-refractivity contribution in [2.75, 3.05) is 6.61 Å². The summed E-state index contributed by atoms with van der Waals surface area (Å²) in [6, 6.07) is 11.1. The van der Waals surface area contributed by atoms with Crippen LogP contribution in [0, 0.1) is 35.0 Å². The van der Waals surface area contributed by atoms with Crippen LogP contribution in [0.5, 0.6) is 5.75 Å². The summed E-state index contributed by atoms with van der Waals surface area (Å²) in [5, 5.41) is 0. The standard InChI is InChI=1S/C27H25F5O2/c1-2-3-16-4-9-25(33-14-16)19-7-5-18(6-8-19)20-12-23(30)27(24(31)13-20)34-15-17-10-21(28)26(32)22(29)11-17/h5-8,10-13,16,25H,2-4,9,14-15H2,1H3. The van der Waals surface area contributed by atoms with Crippen LogP contribution in [0.25, 0.3) is 11.1 Å². The number of ether oxygens (including phenoxy) is 2. The zero-order chi connectivity index (χ0) is 24.2. The van der Waals surface area contributed by atoms with E-state index in [0.29, 0.717) is 29.2 Å². The molecule has 0 saturated carbocycles. The molecule has 2 unspecified atom stereocenters. The van der Waals surface area contributed by atoms with Crippen LogP contribution in [0.15, 0.2) is 48.5 Å². The van der Waals surface area contributed by atoms with E-state index in [1.807, 2.05) is 12.1 Å². The monoisotopic (exact) mass is 476 g/mol. The van der Waals surface area contributed by atoms with Gasteiger partial charge >= 0.3 is 0 Å². The third-order valence-electron chi connectivity index (χ3n) is 6.11. The minimum absolute atomic E-state index is 0.0209. The van der Waals surface area contributed by atoms with Gasteiger partial charge in [0.2, 0.25) is 0 Å². The largest absolute Gasteiger partial charge is 0.483 e. The third kappa shape index (κ3) is 5.41. The maximum atomic E-state index is 14.6. The predicted octanol–water partition coefficient (Wildman–Crippen LogP) is 7.90. The van der Waals surface area contributed by atoms with E-state index in [1.54, 1.807) is 12.1 Å². The van der Waals surface area contributed by atoms with E-state index in [9.17, 15) is 22.0 Å². The van der Waals surface area contributed by atoms with Crippen molar-refractivity contribution in [3.05, 3.63) is 88.7 Å². The van der Waals surface area contributed by atoms with Crippen LogP contribution in [0.4, 0.5) is 22.0 Å². The Morgan fingerprint density at radius 1 is 0.824 bits per heavy atom. The molecule has 34 heavy (non-hydrogen) atoms. The van der Waals surface area contributed by atoms with Crippen molar-refractivity contribution < 1.29 is 31.4 Å². The molecule has 1 aliphatic heterocycles. The van der Waals surface area contributed by atoms with Crippen LogP contribution < -0.4 is 4.74 Å². The summed E-state index contributed by atoms with van der Waals surface area (Å²) in [7, 11) is 0. The van der Waals surface area contributed by atoms with E-state index in [1.165, 1.54) is 6.42 Å². The van der Waals surface area contributed by atoms with Gasteiger partial charge in [-0.15, -0.1) is 0 Å². The molecule has 0 amide bonds. The fraction of sp³-hybridized carbons (Fsp3) is 0.333. The number of hydrogen-bond acceptors (Lipinski definition) is 2. The van der Waals surface area contributed by atoms with Crippen LogP contribution in [0.1, 0.15) is 49.8 Å². The van der Waals surface area contributed by atoms with Gasteiger partial charge in [-0.1, -0.05) is 37.6 Å². The van der Waals surface area contributed by atoms with Gasteiger partial charge in [-0.05, 0) is 71.7 Å². The first-order valence-corrected chi connectivity index (χ1v) is 11.3. The molecule has 1 aliphatic rings. The normalized spacial score (nSPS) is 18.2. The van der Waals surface area contributed by atoms with Crippen LogP contribution in [0.2, 0.25) is 0 Å². The number of benzene rings is 3. The zero-order valence-corrected chi connectivity index (χ0v) is 18.7. The van der Waals surface area contributed by atoms with Crippen molar-refractivity contribution in [3.8, 4) is 16.9 Å². The highest BCUT2D eigenvalue weighted by Gasteiger charge is 2.22. The van der Waals surface area contributed by atoms with Crippen LogP contribution >= 0.6 is 0 Å². The molecule has 0 spiro atoms. The fourth-order valence-electron chi connectivity index (χ4n) is 4.31. The first-order valence-electron chi connectivity index (χ1n) is 11.3. The molecule has 4 rings (SSSR count). The van der Waals surface area contributed by atoms with Crippen molar-refractivity contribution in [1.29, 1.82) is 0 Å². The van der Waals surface area contributed by atoms with Gasteiger partial charge in [0.15, 0.2) is 34.8 Å². The van der Waals surface area contributed by atoms with E-state index >= 15 is 0 Å². The summed E-state index contributed by atoms with van der Waals surface area (Å²) >= 11 is 0. The van der Waals surface area contributed by atoms with Gasteiger partial charge in [0.25, 0.3) is 0 Å². The SMILES string of the molecule is CCCC1CCC(c2ccc(-c3cc(F)c(OCc4cc(F)c(F)c(F)c4)c(F)c3)cc2)OC1. The summed E-state index contributed by atoms with van der Waals surface area (Å²) < 4.78 is 80.0. The van der Waals surface area contributed by atoms with Gasteiger partial charge in [-0.3, -0.25) is 0 Å². The summed E-state index contributed by atoms with van der Waals surface area (Å²) in [5.41, 5.74) is 1.87. The van der Waals surface area contributed by atoms with Crippen molar-refractivity contribution in [2.24, 2.45) is 5.92 Å². The second-order valence-corrected chi connectivity index (χ2v) is 8.61. The van der Waals surface area contributed by atoms with Gasteiger partial charge in [-0.25, -0.2) is 22.0 Å². The molecule has 180 valence electrons. The summed E-state index contributed by atoms with van der Waals surface area (Å²) in [6.45, 7) is 2.38. The average Bonchev–Trinajstić information content (AvgIpc) is 2.82. The predicted molar refractivity (Wildman–Crippen MR) is 119 cm³/mol. The second-order valence-electron chi connectivity index (χ2n) is 8.61. The van der Waals surface area contributed by atoms with E-state index in [2.05, 4.69) is 6.92 Å². The van der Waals surface area contributed by atoms with Gasteiger partial charge in [0, 0.05) is 0 Å². The average molecular weight is 476 g/mol. The second kappa shape index (κ2) is 10.6. The fourth-order valence-corrected chi connectivity index (χ4v) is 4.31. The van der Waals surface area contributed by atoms with E-state index in [4.69, 9.17) is 9.47 Å². The lowest BCUT2D eigenvalue weighted by atomic mass is 9.91. The summed E-state index contributed by atoms with van der Waals surface area (Å²) in [4.78, 5) is 0. The van der Waals surface area contributed by atoms with Crippen LogP contribution in [0.3, 0.4) is 0 Å². The highest BCUT2D eigenvalue weighted by molar-refractivity contribution is 5.65. The quantitative estimate of drug-likeness (QED) is 0.255.